The predicted octanol–water partition coefficient (Wildman–Crippen LogP) is -0.281. The third-order valence-corrected chi connectivity index (χ3v) is 3.35. The van der Waals surface area contributed by atoms with Crippen LogP contribution in [0.1, 0.15) is 13.3 Å². The normalized spacial score (nSPS) is 18.4. The summed E-state index contributed by atoms with van der Waals surface area (Å²) in [6.07, 6.45) is -0.196. The number of benzene rings is 1. The standard InChI is InChI=1S/C15H19N3O5/c1-9(6-14(20)21)17-13(19)7-18-11-4-2-3-5-12(11)23-8-10(16)15(18)22/h2-5,9-10H,6-8,16H2,1H3,(H,17,19)(H,20,21)/t9-,10+/m1/s1. The number of carbonyl (C=O) groups is 3. The summed E-state index contributed by atoms with van der Waals surface area (Å²) in [5.41, 5.74) is 6.23. The Morgan fingerprint density at radius 3 is 2.87 bits per heavy atom. The van der Waals surface area contributed by atoms with Crippen LogP contribution in [0.4, 0.5) is 5.69 Å². The Balaban J connectivity index is 2.14. The first-order chi connectivity index (χ1) is 10.9. The van der Waals surface area contributed by atoms with E-state index in [0.29, 0.717) is 11.4 Å². The largest absolute Gasteiger partial charge is 0.489 e. The molecule has 2 rings (SSSR count). The molecule has 1 aromatic carbocycles. The van der Waals surface area contributed by atoms with Gasteiger partial charge in [-0.3, -0.25) is 19.3 Å². The van der Waals surface area contributed by atoms with Gasteiger partial charge in [0.2, 0.25) is 11.8 Å². The molecule has 0 saturated heterocycles. The number of carbonyl (C=O) groups excluding carboxylic acids is 2. The number of anilines is 1. The highest BCUT2D eigenvalue weighted by Gasteiger charge is 2.30. The average molecular weight is 321 g/mol. The van der Waals surface area contributed by atoms with Crippen molar-refractivity contribution in [1.29, 1.82) is 0 Å². The van der Waals surface area contributed by atoms with Crippen molar-refractivity contribution in [2.45, 2.75) is 25.4 Å². The molecule has 1 aliphatic rings. The van der Waals surface area contributed by atoms with E-state index in [2.05, 4.69) is 5.32 Å². The van der Waals surface area contributed by atoms with Gasteiger partial charge in [0, 0.05) is 6.04 Å². The van der Waals surface area contributed by atoms with Gasteiger partial charge in [0.15, 0.2) is 0 Å². The van der Waals surface area contributed by atoms with Gasteiger partial charge in [-0.1, -0.05) is 12.1 Å². The van der Waals surface area contributed by atoms with E-state index in [-0.39, 0.29) is 19.6 Å². The maximum atomic E-state index is 12.4. The number of ether oxygens (including phenoxy) is 1. The minimum atomic E-state index is -1.01. The number of para-hydroxylation sites is 2. The van der Waals surface area contributed by atoms with Crippen molar-refractivity contribution in [3.8, 4) is 5.75 Å². The van der Waals surface area contributed by atoms with Crippen molar-refractivity contribution in [2.24, 2.45) is 5.73 Å². The van der Waals surface area contributed by atoms with Crippen LogP contribution in [-0.2, 0) is 14.4 Å². The quantitative estimate of drug-likeness (QED) is 0.685. The van der Waals surface area contributed by atoms with Gasteiger partial charge in [-0.15, -0.1) is 0 Å². The fraction of sp³-hybridized carbons (Fsp3) is 0.400. The second kappa shape index (κ2) is 7.10. The van der Waals surface area contributed by atoms with E-state index < -0.39 is 29.9 Å². The van der Waals surface area contributed by atoms with Gasteiger partial charge in [-0.25, -0.2) is 0 Å². The Labute approximate surface area is 133 Å². The molecule has 8 nitrogen and oxygen atoms in total. The molecule has 1 heterocycles. The molecule has 0 aliphatic carbocycles. The van der Waals surface area contributed by atoms with Crippen molar-refractivity contribution in [3.63, 3.8) is 0 Å². The number of amides is 2. The van der Waals surface area contributed by atoms with Gasteiger partial charge in [0.25, 0.3) is 0 Å². The Morgan fingerprint density at radius 2 is 2.17 bits per heavy atom. The zero-order valence-electron chi connectivity index (χ0n) is 12.7. The van der Waals surface area contributed by atoms with E-state index in [1.54, 1.807) is 31.2 Å². The highest BCUT2D eigenvalue weighted by Crippen LogP contribution is 2.30. The molecule has 4 N–H and O–H groups in total. The van der Waals surface area contributed by atoms with Crippen LogP contribution < -0.4 is 20.7 Å². The molecule has 0 fully saturated rings. The number of carboxylic acid groups (broad SMARTS) is 1. The first kappa shape index (κ1) is 16.8. The van der Waals surface area contributed by atoms with Crippen molar-refractivity contribution in [3.05, 3.63) is 24.3 Å². The second-order valence-corrected chi connectivity index (χ2v) is 5.38. The Bertz CT molecular complexity index is 619. The highest BCUT2D eigenvalue weighted by atomic mass is 16.5. The minimum Gasteiger partial charge on any atom is -0.489 e. The van der Waals surface area contributed by atoms with Crippen LogP contribution >= 0.6 is 0 Å². The van der Waals surface area contributed by atoms with Crippen molar-refractivity contribution in [1.82, 2.24) is 5.32 Å². The smallest absolute Gasteiger partial charge is 0.305 e. The molecule has 0 unspecified atom stereocenters. The number of hydrogen-bond donors (Lipinski definition) is 3. The van der Waals surface area contributed by atoms with E-state index in [0.717, 1.165) is 0 Å². The molecule has 0 aromatic heterocycles. The monoisotopic (exact) mass is 321 g/mol. The summed E-state index contributed by atoms with van der Waals surface area (Å²) in [6.45, 7) is 1.36. The lowest BCUT2D eigenvalue weighted by atomic mass is 10.2. The lowest BCUT2D eigenvalue weighted by Crippen LogP contribution is -2.49. The number of carboxylic acids is 1. The van der Waals surface area contributed by atoms with Crippen LogP contribution in [0.15, 0.2) is 24.3 Å². The first-order valence-electron chi connectivity index (χ1n) is 7.18. The lowest BCUT2D eigenvalue weighted by Gasteiger charge is -2.23. The zero-order chi connectivity index (χ0) is 17.0. The Morgan fingerprint density at radius 1 is 1.48 bits per heavy atom. The molecular weight excluding hydrogens is 302 g/mol. The number of rotatable bonds is 5. The van der Waals surface area contributed by atoms with Gasteiger partial charge in [-0.05, 0) is 19.1 Å². The fourth-order valence-electron chi connectivity index (χ4n) is 2.31. The fourth-order valence-corrected chi connectivity index (χ4v) is 2.31. The number of aliphatic carboxylic acids is 1. The van der Waals surface area contributed by atoms with E-state index in [1.807, 2.05) is 0 Å². The Hall–Kier alpha value is -2.61. The summed E-state index contributed by atoms with van der Waals surface area (Å²) >= 11 is 0. The van der Waals surface area contributed by atoms with Crippen molar-refractivity contribution < 1.29 is 24.2 Å². The molecule has 1 aliphatic heterocycles. The summed E-state index contributed by atoms with van der Waals surface area (Å²) in [5.74, 6) is -1.42. The van der Waals surface area contributed by atoms with Crippen LogP contribution in [0.25, 0.3) is 0 Å². The third kappa shape index (κ3) is 4.19. The second-order valence-electron chi connectivity index (χ2n) is 5.38. The number of nitrogens with one attached hydrogen (secondary N) is 1. The molecule has 2 amide bonds. The van der Waals surface area contributed by atoms with Gasteiger partial charge < -0.3 is 20.9 Å². The molecule has 124 valence electrons. The molecule has 0 radical (unpaired) electrons. The Kier molecular flexibility index (Phi) is 5.17. The topological polar surface area (TPSA) is 122 Å². The summed E-state index contributed by atoms with van der Waals surface area (Å²) in [6, 6.07) is 5.43. The van der Waals surface area contributed by atoms with Crippen molar-refractivity contribution in [2.75, 3.05) is 18.1 Å². The van der Waals surface area contributed by atoms with E-state index >= 15 is 0 Å². The van der Waals surface area contributed by atoms with E-state index in [4.69, 9.17) is 15.6 Å². The van der Waals surface area contributed by atoms with E-state index in [1.165, 1.54) is 4.90 Å². The molecule has 8 heteroatoms. The number of nitrogens with two attached hydrogens (primary N) is 1. The first-order valence-corrected chi connectivity index (χ1v) is 7.18. The zero-order valence-corrected chi connectivity index (χ0v) is 12.7. The van der Waals surface area contributed by atoms with Gasteiger partial charge in [-0.2, -0.15) is 0 Å². The lowest BCUT2D eigenvalue weighted by molar-refractivity contribution is -0.137. The summed E-state index contributed by atoms with van der Waals surface area (Å²) < 4.78 is 5.48. The van der Waals surface area contributed by atoms with Crippen LogP contribution in [0, 0.1) is 0 Å². The van der Waals surface area contributed by atoms with Gasteiger partial charge in [0.1, 0.15) is 24.9 Å². The van der Waals surface area contributed by atoms with Gasteiger partial charge >= 0.3 is 5.97 Å². The number of hydrogen-bond acceptors (Lipinski definition) is 5. The van der Waals surface area contributed by atoms with Crippen LogP contribution in [0.2, 0.25) is 0 Å². The highest BCUT2D eigenvalue weighted by molar-refractivity contribution is 6.03. The molecular formula is C15H19N3O5. The van der Waals surface area contributed by atoms with E-state index in [9.17, 15) is 14.4 Å². The summed E-state index contributed by atoms with van der Waals surface area (Å²) in [4.78, 5) is 36.3. The number of fused-ring (bicyclic) bond motifs is 1. The molecule has 2 atom stereocenters. The average Bonchev–Trinajstić information content (AvgIpc) is 2.59. The van der Waals surface area contributed by atoms with Crippen LogP contribution in [0.3, 0.4) is 0 Å². The molecule has 1 aromatic rings. The summed E-state index contributed by atoms with van der Waals surface area (Å²) in [5, 5.41) is 11.3. The third-order valence-electron chi connectivity index (χ3n) is 3.35. The SMILES string of the molecule is C[C@H](CC(=O)O)NC(=O)CN1C(=O)[C@@H](N)COc2ccccc21. The molecule has 0 bridgehead atoms. The van der Waals surface area contributed by atoms with Gasteiger partial charge in [0.05, 0.1) is 12.1 Å². The molecule has 0 spiro atoms. The van der Waals surface area contributed by atoms with Crippen molar-refractivity contribution >= 4 is 23.5 Å². The number of nitrogens with zero attached hydrogens (tertiary/aromatic N) is 1. The predicted molar refractivity (Wildman–Crippen MR) is 82.1 cm³/mol. The summed E-state index contributed by atoms with van der Waals surface area (Å²) in [7, 11) is 0. The minimum absolute atomic E-state index is 0.0311. The maximum absolute atomic E-state index is 12.4. The molecule has 23 heavy (non-hydrogen) atoms. The van der Waals surface area contributed by atoms with Crippen LogP contribution in [-0.4, -0.2) is 48.1 Å². The van der Waals surface area contributed by atoms with Crippen LogP contribution in [0.5, 0.6) is 5.75 Å². The maximum Gasteiger partial charge on any atom is 0.305 e. The molecule has 0 saturated carbocycles.